The Balaban J connectivity index is 1.79. The van der Waals surface area contributed by atoms with Crippen LogP contribution < -0.4 is 15.4 Å². The Hall–Kier alpha value is -3.20. The highest BCUT2D eigenvalue weighted by molar-refractivity contribution is 7.80. The van der Waals surface area contributed by atoms with Gasteiger partial charge in [-0.3, -0.25) is 4.79 Å². The van der Waals surface area contributed by atoms with Crippen LogP contribution >= 0.6 is 35.4 Å². The van der Waals surface area contributed by atoms with Gasteiger partial charge in [-0.15, -0.1) is 0 Å². The minimum Gasteiger partial charge on any atom is -0.482 e. The van der Waals surface area contributed by atoms with Gasteiger partial charge in [0.25, 0.3) is 0 Å². The van der Waals surface area contributed by atoms with Crippen molar-refractivity contribution in [2.45, 2.75) is 30.7 Å². The molecule has 6 nitrogen and oxygen atoms in total. The molecule has 2 aliphatic heterocycles. The largest absolute Gasteiger partial charge is 0.482 e. The smallest absolute Gasteiger partial charge is 0.343 e. The molecule has 1 spiro atoms. The number of fused-ring (bicyclic) bond motifs is 2. The van der Waals surface area contributed by atoms with Crippen molar-refractivity contribution in [3.05, 3.63) is 92.7 Å². The van der Waals surface area contributed by atoms with Gasteiger partial charge in [0.2, 0.25) is 5.91 Å². The molecule has 2 aliphatic rings. The van der Waals surface area contributed by atoms with Gasteiger partial charge in [0, 0.05) is 33.6 Å². The van der Waals surface area contributed by atoms with Crippen LogP contribution in [0.4, 0.5) is 10.1 Å². The molecule has 0 unspecified atom stereocenters. The van der Waals surface area contributed by atoms with Gasteiger partial charge in [-0.2, -0.15) is 0 Å². The van der Waals surface area contributed by atoms with Crippen LogP contribution in [0.2, 0.25) is 10.0 Å². The summed E-state index contributed by atoms with van der Waals surface area (Å²) in [5.74, 6) is -1.54. The third-order valence-corrected chi connectivity index (χ3v) is 7.98. The van der Waals surface area contributed by atoms with Gasteiger partial charge in [0.05, 0.1) is 18.1 Å². The lowest BCUT2D eigenvalue weighted by Crippen LogP contribution is -2.56. The zero-order valence-electron chi connectivity index (χ0n) is 20.4. The summed E-state index contributed by atoms with van der Waals surface area (Å²) in [7, 11) is 1.27. The third-order valence-electron chi connectivity index (χ3n) is 7.22. The Morgan fingerprint density at radius 2 is 1.84 bits per heavy atom. The summed E-state index contributed by atoms with van der Waals surface area (Å²) >= 11 is 18.4. The Kier molecular flexibility index (Phi) is 7.07. The highest BCUT2D eigenvalue weighted by Gasteiger charge is 2.61. The van der Waals surface area contributed by atoms with Crippen LogP contribution in [0.15, 0.2) is 54.6 Å². The number of esters is 1. The summed E-state index contributed by atoms with van der Waals surface area (Å²) in [6.07, 6.45) is 0.268. The molecule has 5 rings (SSSR count). The fourth-order valence-corrected chi connectivity index (χ4v) is 6.20. The molecule has 38 heavy (non-hydrogen) atoms. The number of thiocarbonyl (C=S) groups is 1. The number of benzene rings is 3. The van der Waals surface area contributed by atoms with E-state index in [1.54, 1.807) is 42.5 Å². The number of anilines is 1. The number of carbonyl (C=O) groups excluding carboxylic acids is 2. The monoisotopic (exact) mass is 572 g/mol. The molecule has 1 saturated heterocycles. The molecular weight excluding hydrogens is 550 g/mol. The van der Waals surface area contributed by atoms with Gasteiger partial charge >= 0.3 is 5.97 Å². The number of piperidine rings is 1. The topological polar surface area (TPSA) is 76.7 Å². The Morgan fingerprint density at radius 3 is 2.61 bits per heavy atom. The fraction of sp³-hybridized carbons (Fsp3) is 0.250. The van der Waals surface area contributed by atoms with Crippen molar-refractivity contribution in [2.75, 3.05) is 19.0 Å². The van der Waals surface area contributed by atoms with Gasteiger partial charge in [-0.1, -0.05) is 47.6 Å². The second-order valence-electron chi connectivity index (χ2n) is 9.32. The van der Waals surface area contributed by atoms with Crippen molar-refractivity contribution >= 4 is 58.0 Å². The molecular formula is C28H23Cl2FN2O4S. The fourth-order valence-electron chi connectivity index (χ4n) is 5.56. The summed E-state index contributed by atoms with van der Waals surface area (Å²) < 4.78 is 25.2. The Morgan fingerprint density at radius 1 is 1.11 bits per heavy atom. The number of nitrogens with one attached hydrogen (secondary N) is 2. The molecule has 2 heterocycles. The van der Waals surface area contributed by atoms with E-state index in [9.17, 15) is 14.0 Å². The lowest BCUT2D eigenvalue weighted by molar-refractivity contribution is -0.143. The van der Waals surface area contributed by atoms with E-state index in [0.717, 1.165) is 5.56 Å². The first kappa shape index (κ1) is 26.4. The second-order valence-corrected chi connectivity index (χ2v) is 10.7. The van der Waals surface area contributed by atoms with Crippen LogP contribution in [-0.4, -0.2) is 30.6 Å². The van der Waals surface area contributed by atoms with Crippen LogP contribution in [0.1, 0.15) is 40.6 Å². The number of aryl methyl sites for hydroxylation is 1. The number of halogens is 3. The molecule has 1 fully saturated rings. The summed E-state index contributed by atoms with van der Waals surface area (Å²) in [5, 5.41) is 7.20. The van der Waals surface area contributed by atoms with Crippen LogP contribution in [0.25, 0.3) is 0 Å². The zero-order chi connectivity index (χ0) is 27.2. The van der Waals surface area contributed by atoms with E-state index in [-0.39, 0.29) is 18.9 Å². The average Bonchev–Trinajstić information content (AvgIpc) is 3.16. The summed E-state index contributed by atoms with van der Waals surface area (Å²) in [4.78, 5) is 26.6. The number of hydrogen-bond acceptors (Lipinski definition) is 5. The SMILES string of the molecule is COC(=O)COc1ccc(Cl)cc1[C@H]1CC(=S)N[C@@H](c2cc(F)ccc2C)[C@]12C(=O)Nc1cc(Cl)ccc12. The van der Waals surface area contributed by atoms with E-state index in [1.165, 1.54) is 19.2 Å². The first-order valence-corrected chi connectivity index (χ1v) is 13.0. The van der Waals surface area contributed by atoms with Crippen molar-refractivity contribution in [1.29, 1.82) is 0 Å². The van der Waals surface area contributed by atoms with Gasteiger partial charge in [0.1, 0.15) is 17.0 Å². The second kappa shape index (κ2) is 10.2. The maximum absolute atomic E-state index is 14.6. The minimum absolute atomic E-state index is 0.268. The summed E-state index contributed by atoms with van der Waals surface area (Å²) in [5.41, 5.74) is 1.90. The number of rotatable bonds is 5. The van der Waals surface area contributed by atoms with E-state index in [0.29, 0.717) is 43.2 Å². The minimum atomic E-state index is -1.30. The number of hydrogen-bond donors (Lipinski definition) is 2. The normalized spacial score (nSPS) is 22.0. The molecule has 0 aromatic heterocycles. The number of methoxy groups -OCH3 is 1. The Labute approximate surface area is 234 Å². The van der Waals surface area contributed by atoms with Crippen molar-refractivity contribution < 1.29 is 23.5 Å². The number of carbonyl (C=O) groups is 2. The summed E-state index contributed by atoms with van der Waals surface area (Å²) in [6, 6.07) is 14.0. The molecule has 0 bridgehead atoms. The van der Waals surface area contributed by atoms with Gasteiger partial charge in [0.15, 0.2) is 6.61 Å². The van der Waals surface area contributed by atoms with Gasteiger partial charge < -0.3 is 20.1 Å². The average molecular weight is 573 g/mol. The van der Waals surface area contributed by atoms with Crippen LogP contribution in [0.5, 0.6) is 5.75 Å². The molecule has 3 atom stereocenters. The molecule has 1 amide bonds. The first-order chi connectivity index (χ1) is 18.1. The van der Waals surface area contributed by atoms with E-state index in [1.807, 2.05) is 6.92 Å². The predicted octanol–water partition coefficient (Wildman–Crippen LogP) is 6.03. The molecule has 0 radical (unpaired) electrons. The van der Waals surface area contributed by atoms with Crippen LogP contribution in [0.3, 0.4) is 0 Å². The highest BCUT2D eigenvalue weighted by atomic mass is 35.5. The molecule has 0 aliphatic carbocycles. The third kappa shape index (κ3) is 4.40. The highest BCUT2D eigenvalue weighted by Crippen LogP contribution is 2.59. The van der Waals surface area contributed by atoms with Crippen molar-refractivity contribution in [3.63, 3.8) is 0 Å². The van der Waals surface area contributed by atoms with Gasteiger partial charge in [-0.25, -0.2) is 9.18 Å². The van der Waals surface area contributed by atoms with Crippen LogP contribution in [0, 0.1) is 12.7 Å². The van der Waals surface area contributed by atoms with Crippen molar-refractivity contribution in [2.24, 2.45) is 0 Å². The molecule has 2 N–H and O–H groups in total. The Bertz CT molecular complexity index is 1480. The molecule has 0 saturated carbocycles. The molecule has 3 aromatic rings. The number of ether oxygens (including phenoxy) is 2. The zero-order valence-corrected chi connectivity index (χ0v) is 22.8. The summed E-state index contributed by atoms with van der Waals surface area (Å²) in [6.45, 7) is 1.52. The molecule has 10 heteroatoms. The van der Waals surface area contributed by atoms with E-state index in [2.05, 4.69) is 10.6 Å². The number of amides is 1. The van der Waals surface area contributed by atoms with Crippen molar-refractivity contribution in [3.8, 4) is 5.75 Å². The van der Waals surface area contributed by atoms with E-state index >= 15 is 0 Å². The van der Waals surface area contributed by atoms with Crippen molar-refractivity contribution in [1.82, 2.24) is 5.32 Å². The maximum atomic E-state index is 14.6. The quantitative estimate of drug-likeness (QED) is 0.287. The first-order valence-electron chi connectivity index (χ1n) is 11.8. The lowest BCUT2D eigenvalue weighted by Gasteiger charge is -2.48. The van der Waals surface area contributed by atoms with Gasteiger partial charge in [-0.05, 0) is 66.1 Å². The lowest BCUT2D eigenvalue weighted by atomic mass is 9.59. The van der Waals surface area contributed by atoms with E-state index < -0.39 is 29.2 Å². The molecule has 196 valence electrons. The van der Waals surface area contributed by atoms with Crippen LogP contribution in [-0.2, 0) is 19.7 Å². The maximum Gasteiger partial charge on any atom is 0.343 e. The molecule has 3 aromatic carbocycles. The standard InChI is InChI=1S/C28H23Cl2FN2O4S/c1-14-3-6-17(31)11-18(14)26-28(20-7-4-16(30)10-22(20)32-27(28)35)21(12-24(38)33-26)19-9-15(29)5-8-23(19)37-13-25(34)36-2/h3-11,21,26H,12-13H2,1-2H3,(H,32,35)(H,33,38)/t21-,26+,28-/m1/s1. The predicted molar refractivity (Wildman–Crippen MR) is 148 cm³/mol. The van der Waals surface area contributed by atoms with E-state index in [4.69, 9.17) is 44.9 Å².